The number of carbonyl (C=O) groups excluding carboxylic acids is 1. The molecule has 6 nitrogen and oxygen atoms in total. The molecule has 0 radical (unpaired) electrons. The van der Waals surface area contributed by atoms with Crippen molar-refractivity contribution in [3.8, 4) is 0 Å². The Labute approximate surface area is 167 Å². The van der Waals surface area contributed by atoms with Crippen LogP contribution in [0, 0.1) is 0 Å². The van der Waals surface area contributed by atoms with Crippen molar-refractivity contribution in [2.24, 2.45) is 0 Å². The van der Waals surface area contributed by atoms with E-state index in [0.717, 1.165) is 24.2 Å². The van der Waals surface area contributed by atoms with Crippen LogP contribution in [0.4, 0.5) is 0 Å². The van der Waals surface area contributed by atoms with E-state index in [4.69, 9.17) is 16.0 Å². The molecule has 0 saturated carbocycles. The first-order chi connectivity index (χ1) is 13.6. The lowest BCUT2D eigenvalue weighted by atomic mass is 9.97. The molecule has 1 fully saturated rings. The fourth-order valence-corrected chi connectivity index (χ4v) is 3.63. The van der Waals surface area contributed by atoms with E-state index in [2.05, 4.69) is 9.97 Å². The highest BCUT2D eigenvalue weighted by atomic mass is 35.5. The van der Waals surface area contributed by atoms with Gasteiger partial charge in [0.25, 0.3) is 5.91 Å². The van der Waals surface area contributed by atoms with Crippen LogP contribution < -0.4 is 5.56 Å². The van der Waals surface area contributed by atoms with E-state index in [9.17, 15) is 9.59 Å². The minimum Gasteiger partial charge on any atom is -0.445 e. The predicted molar refractivity (Wildman–Crippen MR) is 106 cm³/mol. The third-order valence-electron chi connectivity index (χ3n) is 4.92. The second-order valence-corrected chi connectivity index (χ2v) is 7.42. The van der Waals surface area contributed by atoms with E-state index in [1.807, 2.05) is 24.3 Å². The number of halogens is 1. The Hall–Kier alpha value is -2.86. The minimum absolute atomic E-state index is 0.0482. The number of rotatable bonds is 4. The Bertz CT molecular complexity index is 1030. The number of nitrogens with zero attached hydrogens (tertiary/aromatic N) is 2. The highest BCUT2D eigenvalue weighted by Crippen LogP contribution is 2.28. The number of carbonyl (C=O) groups is 1. The van der Waals surface area contributed by atoms with Gasteiger partial charge in [-0.1, -0.05) is 29.8 Å². The molecule has 1 atom stereocenters. The van der Waals surface area contributed by atoms with E-state index in [1.54, 1.807) is 23.2 Å². The Morgan fingerprint density at radius 3 is 2.86 bits per heavy atom. The second kappa shape index (κ2) is 8.02. The van der Waals surface area contributed by atoms with Gasteiger partial charge in [0, 0.05) is 30.6 Å². The lowest BCUT2D eigenvalue weighted by molar-refractivity contribution is 0.0691. The van der Waals surface area contributed by atoms with Gasteiger partial charge in [-0.15, -0.1) is 0 Å². The smallest absolute Gasteiger partial charge is 0.270 e. The molecule has 3 heterocycles. The topological polar surface area (TPSA) is 79.2 Å². The summed E-state index contributed by atoms with van der Waals surface area (Å²) >= 11 is 5.92. The lowest BCUT2D eigenvalue weighted by Crippen LogP contribution is -2.40. The normalized spacial score (nSPS) is 16.9. The van der Waals surface area contributed by atoms with Crippen LogP contribution in [0.5, 0.6) is 0 Å². The van der Waals surface area contributed by atoms with Crippen molar-refractivity contribution < 1.29 is 9.21 Å². The van der Waals surface area contributed by atoms with Crippen LogP contribution in [0.15, 0.2) is 57.9 Å². The first kappa shape index (κ1) is 18.5. The third-order valence-corrected chi connectivity index (χ3v) is 5.17. The summed E-state index contributed by atoms with van der Waals surface area (Å²) < 4.78 is 5.97. The molecule has 0 spiro atoms. The van der Waals surface area contributed by atoms with Crippen molar-refractivity contribution in [1.29, 1.82) is 0 Å². The van der Waals surface area contributed by atoms with Crippen molar-refractivity contribution in [3.05, 3.63) is 86.9 Å². The molecule has 28 heavy (non-hydrogen) atoms. The van der Waals surface area contributed by atoms with Gasteiger partial charge in [0.15, 0.2) is 5.89 Å². The van der Waals surface area contributed by atoms with Crippen molar-refractivity contribution in [2.45, 2.75) is 25.2 Å². The zero-order valence-electron chi connectivity index (χ0n) is 15.2. The highest BCUT2D eigenvalue weighted by molar-refractivity contribution is 6.30. The van der Waals surface area contributed by atoms with Crippen LogP contribution in [0.1, 0.15) is 46.5 Å². The molecule has 1 N–H and O–H groups in total. The van der Waals surface area contributed by atoms with Crippen LogP contribution in [-0.2, 0) is 6.42 Å². The quantitative estimate of drug-likeness (QED) is 0.729. The lowest BCUT2D eigenvalue weighted by Gasteiger charge is -2.31. The number of hydrogen-bond donors (Lipinski definition) is 1. The molecule has 0 aliphatic carbocycles. The van der Waals surface area contributed by atoms with E-state index in [-0.39, 0.29) is 17.4 Å². The number of piperidine rings is 1. The highest BCUT2D eigenvalue weighted by Gasteiger charge is 2.28. The van der Waals surface area contributed by atoms with Crippen LogP contribution in [0.2, 0.25) is 5.02 Å². The minimum atomic E-state index is -0.279. The summed E-state index contributed by atoms with van der Waals surface area (Å²) in [5, 5.41) is 0.703. The maximum Gasteiger partial charge on any atom is 0.270 e. The fraction of sp³-hybridized carbons (Fsp3) is 0.286. The number of amides is 1. The van der Waals surface area contributed by atoms with Crippen LogP contribution in [0.3, 0.4) is 0 Å². The van der Waals surface area contributed by atoms with E-state index >= 15 is 0 Å². The first-order valence-corrected chi connectivity index (χ1v) is 9.64. The first-order valence-electron chi connectivity index (χ1n) is 9.26. The number of aromatic amines is 1. The van der Waals surface area contributed by atoms with Gasteiger partial charge in [-0.25, -0.2) is 4.98 Å². The number of nitrogens with one attached hydrogen (secondary N) is 1. The van der Waals surface area contributed by atoms with Crippen molar-refractivity contribution in [3.63, 3.8) is 0 Å². The molecule has 1 unspecified atom stereocenters. The predicted octanol–water partition coefficient (Wildman–Crippen LogP) is 3.63. The fourth-order valence-electron chi connectivity index (χ4n) is 3.50. The van der Waals surface area contributed by atoms with Crippen molar-refractivity contribution in [1.82, 2.24) is 14.9 Å². The van der Waals surface area contributed by atoms with Crippen LogP contribution in [0.25, 0.3) is 0 Å². The molecule has 3 aromatic rings. The average molecular weight is 398 g/mol. The zero-order valence-corrected chi connectivity index (χ0v) is 16.0. The third kappa shape index (κ3) is 4.17. The second-order valence-electron chi connectivity index (χ2n) is 6.99. The van der Waals surface area contributed by atoms with E-state index in [0.29, 0.717) is 36.1 Å². The molecule has 1 aromatic carbocycles. The summed E-state index contributed by atoms with van der Waals surface area (Å²) in [6, 6.07) is 12.2. The molecule has 1 aliphatic heterocycles. The van der Waals surface area contributed by atoms with Gasteiger partial charge in [-0.05, 0) is 36.6 Å². The maximum absolute atomic E-state index is 12.7. The van der Waals surface area contributed by atoms with Gasteiger partial charge in [-0.3, -0.25) is 9.59 Å². The summed E-state index contributed by atoms with van der Waals surface area (Å²) in [5.74, 6) is 1.32. The van der Waals surface area contributed by atoms with Crippen LogP contribution in [-0.4, -0.2) is 33.9 Å². The van der Waals surface area contributed by atoms with Crippen molar-refractivity contribution in [2.75, 3.05) is 13.1 Å². The Kier molecular flexibility index (Phi) is 5.30. The summed E-state index contributed by atoms with van der Waals surface area (Å²) in [5.41, 5.74) is 1.13. The van der Waals surface area contributed by atoms with Gasteiger partial charge in [-0.2, -0.15) is 0 Å². The maximum atomic E-state index is 12.7. The Balaban J connectivity index is 1.44. The number of hydrogen-bond acceptors (Lipinski definition) is 4. The number of likely N-dealkylation sites (tertiary alicyclic amines) is 1. The number of benzene rings is 1. The molecule has 0 bridgehead atoms. The van der Waals surface area contributed by atoms with Crippen LogP contribution >= 0.6 is 11.6 Å². The zero-order chi connectivity index (χ0) is 19.5. The molecule has 4 rings (SSSR count). The average Bonchev–Trinajstić information content (AvgIpc) is 3.18. The SMILES string of the molecule is O=C(c1cccc(=O)[nH]1)N1CCCC(c2ncc(Cc3ccc(Cl)cc3)o2)C1. The van der Waals surface area contributed by atoms with Gasteiger partial charge >= 0.3 is 0 Å². The Morgan fingerprint density at radius 1 is 1.25 bits per heavy atom. The molecule has 1 saturated heterocycles. The summed E-state index contributed by atoms with van der Waals surface area (Å²) in [7, 11) is 0. The molecular formula is C21H20ClN3O3. The summed E-state index contributed by atoms with van der Waals surface area (Å²) in [6.07, 6.45) is 4.17. The van der Waals surface area contributed by atoms with Gasteiger partial charge in [0.05, 0.1) is 12.1 Å². The number of oxazole rings is 1. The summed E-state index contributed by atoms with van der Waals surface area (Å²) in [4.78, 5) is 33.0. The molecule has 7 heteroatoms. The van der Waals surface area contributed by atoms with Crippen molar-refractivity contribution >= 4 is 17.5 Å². The van der Waals surface area contributed by atoms with E-state index in [1.165, 1.54) is 6.07 Å². The van der Waals surface area contributed by atoms with Gasteiger partial charge in [0.2, 0.25) is 5.56 Å². The molecular weight excluding hydrogens is 378 g/mol. The summed E-state index contributed by atoms with van der Waals surface area (Å²) in [6.45, 7) is 1.18. The number of pyridine rings is 1. The number of H-pyrrole nitrogens is 1. The van der Waals surface area contributed by atoms with Gasteiger partial charge in [0.1, 0.15) is 11.5 Å². The molecule has 1 amide bonds. The van der Waals surface area contributed by atoms with E-state index < -0.39 is 0 Å². The molecule has 2 aromatic heterocycles. The molecule has 144 valence electrons. The number of aromatic nitrogens is 2. The molecule has 1 aliphatic rings. The standard InChI is InChI=1S/C21H20ClN3O3/c22-16-8-6-14(7-9-16)11-17-12-23-20(28-17)15-3-2-10-25(13-15)21(27)18-4-1-5-19(26)24-18/h1,4-9,12,15H,2-3,10-11,13H2,(H,24,26). The Morgan fingerprint density at radius 2 is 2.07 bits per heavy atom. The largest absolute Gasteiger partial charge is 0.445 e. The van der Waals surface area contributed by atoms with Gasteiger partial charge < -0.3 is 14.3 Å². The monoisotopic (exact) mass is 397 g/mol.